The minimum atomic E-state index is -0.310. The van der Waals surface area contributed by atoms with Crippen molar-refractivity contribution in [2.45, 2.75) is 116 Å². The van der Waals surface area contributed by atoms with Crippen molar-refractivity contribution < 1.29 is 5.11 Å². The second-order valence-electron chi connectivity index (χ2n) is 9.83. The smallest absolute Gasteiger partial charge is 0.333 e. The van der Waals surface area contributed by atoms with Crippen LogP contribution in [0.4, 0.5) is 0 Å². The molecule has 0 fully saturated rings. The third kappa shape index (κ3) is 8.38. The fourth-order valence-corrected chi connectivity index (χ4v) is 4.62. The topological polar surface area (TPSA) is 94.1 Å². The zero-order valence-electron chi connectivity index (χ0n) is 21.9. The Kier molecular flexibility index (Phi) is 12.6. The van der Waals surface area contributed by atoms with E-state index in [-0.39, 0.29) is 23.5 Å². The first-order valence-corrected chi connectivity index (χ1v) is 13.4. The fourth-order valence-electron chi connectivity index (χ4n) is 4.62. The monoisotopic (exact) mass is 477 g/mol. The van der Waals surface area contributed by atoms with Crippen LogP contribution in [0.1, 0.15) is 110 Å². The predicted molar refractivity (Wildman–Crippen MR) is 139 cm³/mol. The highest BCUT2D eigenvalue weighted by Gasteiger charge is 2.21. The number of hydrogen-bond donors (Lipinski definition) is 2. The lowest BCUT2D eigenvalue weighted by molar-refractivity contribution is 0.180. The Balaban J connectivity index is 2.02. The summed E-state index contributed by atoms with van der Waals surface area (Å²) in [5.74, 6) is 0. The van der Waals surface area contributed by atoms with E-state index in [4.69, 9.17) is 0 Å². The molecule has 2 atom stereocenters. The lowest BCUT2D eigenvalue weighted by Crippen LogP contribution is -2.46. The van der Waals surface area contributed by atoms with Crippen LogP contribution in [0.3, 0.4) is 0 Å². The third-order valence-corrected chi connectivity index (χ3v) is 6.72. The van der Waals surface area contributed by atoms with Gasteiger partial charge in [-0.05, 0) is 32.7 Å². The normalized spacial score (nSPS) is 13.6. The summed E-state index contributed by atoms with van der Waals surface area (Å²) < 4.78 is 4.59. The molecule has 0 saturated carbocycles. The number of hydrogen-bond acceptors (Lipinski definition) is 5. The van der Waals surface area contributed by atoms with Crippen LogP contribution in [0.25, 0.3) is 11.2 Å². The van der Waals surface area contributed by atoms with E-state index in [1.807, 2.05) is 6.92 Å². The minimum Gasteiger partial charge on any atom is -0.393 e. The lowest BCUT2D eigenvalue weighted by atomic mass is 10.1. The molecule has 8 heteroatoms. The van der Waals surface area contributed by atoms with Crippen molar-refractivity contribution >= 4 is 11.2 Å². The number of aliphatic hydroxyl groups is 1. The van der Waals surface area contributed by atoms with Gasteiger partial charge in [0.05, 0.1) is 18.6 Å². The third-order valence-electron chi connectivity index (χ3n) is 6.72. The molecule has 2 aromatic rings. The maximum atomic E-state index is 13.3. The van der Waals surface area contributed by atoms with Gasteiger partial charge in [-0.1, -0.05) is 77.6 Å². The number of rotatable bonds is 18. The zero-order valence-corrected chi connectivity index (χ0v) is 21.9. The van der Waals surface area contributed by atoms with Crippen molar-refractivity contribution in [2.75, 3.05) is 6.54 Å². The Hall–Kier alpha value is -1.93. The summed E-state index contributed by atoms with van der Waals surface area (Å²) in [4.78, 5) is 30.7. The van der Waals surface area contributed by atoms with E-state index in [0.717, 1.165) is 64.3 Å². The first-order valence-electron chi connectivity index (χ1n) is 13.4. The Labute approximate surface area is 204 Å². The highest BCUT2D eigenvalue weighted by molar-refractivity contribution is 5.69. The van der Waals surface area contributed by atoms with Gasteiger partial charge in [0.15, 0.2) is 11.2 Å². The molecule has 2 unspecified atom stereocenters. The average molecular weight is 478 g/mol. The maximum absolute atomic E-state index is 13.3. The summed E-state index contributed by atoms with van der Waals surface area (Å²) in [7, 11) is 3.48. The second-order valence-corrected chi connectivity index (χ2v) is 9.83. The van der Waals surface area contributed by atoms with E-state index >= 15 is 0 Å². The van der Waals surface area contributed by atoms with Gasteiger partial charge in [0.1, 0.15) is 0 Å². The number of unbranched alkanes of at least 4 members (excludes halogenated alkanes) is 10. The number of aliphatic hydroxyl groups excluding tert-OH is 1. The van der Waals surface area contributed by atoms with E-state index in [0.29, 0.717) is 11.2 Å². The van der Waals surface area contributed by atoms with Gasteiger partial charge in [-0.3, -0.25) is 14.7 Å². The minimum absolute atomic E-state index is 0.212. The molecule has 194 valence electrons. The molecule has 0 bridgehead atoms. The van der Waals surface area contributed by atoms with Crippen molar-refractivity contribution in [3.8, 4) is 0 Å². The molecular formula is C26H47N5O3. The number of aryl methyl sites for hydroxylation is 2. The van der Waals surface area contributed by atoms with E-state index < -0.39 is 0 Å². The largest absolute Gasteiger partial charge is 0.393 e. The number of aromatic nitrogens is 4. The van der Waals surface area contributed by atoms with Gasteiger partial charge in [0, 0.05) is 14.1 Å². The molecule has 0 spiro atoms. The molecule has 0 radical (unpaired) electrons. The van der Waals surface area contributed by atoms with E-state index in [1.165, 1.54) is 41.2 Å². The Bertz CT molecular complexity index is 960. The number of nitrogens with one attached hydrogen (secondary N) is 1. The number of imidazole rings is 1. The van der Waals surface area contributed by atoms with Gasteiger partial charge in [-0.15, -0.1) is 0 Å². The van der Waals surface area contributed by atoms with Crippen LogP contribution in [0.2, 0.25) is 0 Å². The van der Waals surface area contributed by atoms with Crippen LogP contribution in [-0.2, 0) is 14.1 Å². The molecule has 0 aliphatic heterocycles. The average Bonchev–Trinajstić information content (AvgIpc) is 3.19. The number of nitrogens with zero attached hydrogens (tertiary/aromatic N) is 4. The highest BCUT2D eigenvalue weighted by Crippen LogP contribution is 2.15. The van der Waals surface area contributed by atoms with E-state index in [9.17, 15) is 14.7 Å². The van der Waals surface area contributed by atoms with Crippen LogP contribution < -0.4 is 16.6 Å². The molecule has 34 heavy (non-hydrogen) atoms. The zero-order chi connectivity index (χ0) is 24.9. The van der Waals surface area contributed by atoms with Crippen LogP contribution >= 0.6 is 0 Å². The molecule has 0 aromatic carbocycles. The molecule has 2 aromatic heterocycles. The van der Waals surface area contributed by atoms with E-state index in [1.54, 1.807) is 25.0 Å². The summed E-state index contributed by atoms with van der Waals surface area (Å²) in [6.07, 6.45) is 16.5. The molecule has 0 aliphatic carbocycles. The molecule has 8 nitrogen and oxygen atoms in total. The van der Waals surface area contributed by atoms with Gasteiger partial charge in [0.2, 0.25) is 0 Å². The molecular weight excluding hydrogens is 430 g/mol. The van der Waals surface area contributed by atoms with Gasteiger partial charge in [0.25, 0.3) is 5.56 Å². The van der Waals surface area contributed by atoms with Crippen molar-refractivity contribution in [1.29, 1.82) is 0 Å². The Morgan fingerprint density at radius 2 is 1.50 bits per heavy atom. The molecule has 0 amide bonds. The first-order chi connectivity index (χ1) is 16.4. The quantitative estimate of drug-likeness (QED) is 0.311. The standard InChI is InChI=1S/C26H47N5O3/c1-5-6-7-8-13-16-19-27-22(18-15-12-10-9-11-14-17-21(2)32)31-25(33)23-24(28-20-29(23)3)30(4)26(31)34/h20-22,27,32H,5-19H2,1-4H3. The van der Waals surface area contributed by atoms with E-state index in [2.05, 4.69) is 17.2 Å². The summed E-state index contributed by atoms with van der Waals surface area (Å²) >= 11 is 0. The van der Waals surface area contributed by atoms with Crippen LogP contribution in [0, 0.1) is 0 Å². The fraction of sp³-hybridized carbons (Fsp3) is 0.808. The predicted octanol–water partition coefficient (Wildman–Crippen LogP) is 4.38. The van der Waals surface area contributed by atoms with Crippen molar-refractivity contribution in [3.05, 3.63) is 27.2 Å². The van der Waals surface area contributed by atoms with Gasteiger partial charge < -0.3 is 9.67 Å². The maximum Gasteiger partial charge on any atom is 0.333 e. The van der Waals surface area contributed by atoms with Crippen molar-refractivity contribution in [2.24, 2.45) is 14.1 Å². The Morgan fingerprint density at radius 1 is 0.912 bits per heavy atom. The summed E-state index contributed by atoms with van der Waals surface area (Å²) in [5, 5.41) is 12.9. The van der Waals surface area contributed by atoms with Crippen LogP contribution in [0.5, 0.6) is 0 Å². The summed E-state index contributed by atoms with van der Waals surface area (Å²) in [6, 6.07) is 0. The second kappa shape index (κ2) is 15.1. The Morgan fingerprint density at radius 3 is 2.15 bits per heavy atom. The molecule has 2 rings (SSSR count). The molecule has 0 aliphatic rings. The SMILES string of the molecule is CCCCCCCCNC(CCCCCCCCC(C)O)n1c(=O)c2c(ncn2C)n(C)c1=O. The molecule has 2 N–H and O–H groups in total. The first kappa shape index (κ1) is 28.3. The summed E-state index contributed by atoms with van der Waals surface area (Å²) in [5.41, 5.74) is 0.318. The lowest BCUT2D eigenvalue weighted by Gasteiger charge is -2.22. The highest BCUT2D eigenvalue weighted by atomic mass is 16.3. The van der Waals surface area contributed by atoms with Crippen molar-refractivity contribution in [3.63, 3.8) is 0 Å². The van der Waals surface area contributed by atoms with Gasteiger partial charge in [-0.2, -0.15) is 0 Å². The van der Waals surface area contributed by atoms with Gasteiger partial charge >= 0.3 is 5.69 Å². The molecule has 0 saturated heterocycles. The van der Waals surface area contributed by atoms with Crippen LogP contribution in [0.15, 0.2) is 15.9 Å². The molecule has 2 heterocycles. The van der Waals surface area contributed by atoms with Crippen molar-refractivity contribution in [1.82, 2.24) is 24.0 Å². The number of fused-ring (bicyclic) bond motifs is 1. The summed E-state index contributed by atoms with van der Waals surface area (Å²) in [6.45, 7) is 4.86. The van der Waals surface area contributed by atoms with Crippen LogP contribution in [-0.4, -0.2) is 36.4 Å². The van der Waals surface area contributed by atoms with Gasteiger partial charge in [-0.25, -0.2) is 14.3 Å².